The molecule has 4 nitrogen and oxygen atoms in total. The zero-order chi connectivity index (χ0) is 11.6. The van der Waals surface area contributed by atoms with Gasteiger partial charge in [0.25, 0.3) is 0 Å². The van der Waals surface area contributed by atoms with Crippen molar-refractivity contribution in [2.24, 2.45) is 0 Å². The summed E-state index contributed by atoms with van der Waals surface area (Å²) in [4.78, 5) is 21.6. The molecule has 1 aliphatic carbocycles. The monoisotopic (exact) mass is 238 g/mol. The zero-order valence-corrected chi connectivity index (χ0v) is 10.2. The lowest BCUT2D eigenvalue weighted by Crippen LogP contribution is -1.85. The van der Waals surface area contributed by atoms with E-state index in [0.717, 1.165) is 0 Å². The van der Waals surface area contributed by atoms with E-state index in [4.69, 9.17) is 19.2 Å². The van der Waals surface area contributed by atoms with Gasteiger partial charge in [-0.25, -0.2) is 4.57 Å². The maximum atomic E-state index is 8.88. The SMILES string of the molecule is C1CCCCCCCCC1.O=P(O)(O)O. The molecule has 0 unspecified atom stereocenters. The van der Waals surface area contributed by atoms with Crippen LogP contribution in [0, 0.1) is 0 Å². The maximum Gasteiger partial charge on any atom is 0.466 e. The molecule has 0 amide bonds. The molecule has 5 heteroatoms. The van der Waals surface area contributed by atoms with E-state index in [0.29, 0.717) is 0 Å². The highest BCUT2D eigenvalue weighted by atomic mass is 31.2. The van der Waals surface area contributed by atoms with Crippen molar-refractivity contribution in [2.45, 2.75) is 64.2 Å². The van der Waals surface area contributed by atoms with Crippen LogP contribution in [0.1, 0.15) is 64.2 Å². The highest BCUT2D eigenvalue weighted by Crippen LogP contribution is 2.25. The van der Waals surface area contributed by atoms with Gasteiger partial charge in [0.1, 0.15) is 0 Å². The first kappa shape index (κ1) is 15.1. The van der Waals surface area contributed by atoms with E-state index in [1.807, 2.05) is 0 Å². The van der Waals surface area contributed by atoms with Crippen LogP contribution in [-0.2, 0) is 4.57 Å². The van der Waals surface area contributed by atoms with Crippen molar-refractivity contribution in [1.82, 2.24) is 0 Å². The lowest BCUT2D eigenvalue weighted by molar-refractivity contribution is 0.275. The Morgan fingerprint density at radius 2 is 0.600 bits per heavy atom. The molecule has 92 valence electrons. The summed E-state index contributed by atoms with van der Waals surface area (Å²) < 4.78 is 8.88. The van der Waals surface area contributed by atoms with Crippen molar-refractivity contribution in [1.29, 1.82) is 0 Å². The molecule has 15 heavy (non-hydrogen) atoms. The van der Waals surface area contributed by atoms with Gasteiger partial charge >= 0.3 is 7.82 Å². The molecule has 0 radical (unpaired) electrons. The third kappa shape index (κ3) is 20.2. The van der Waals surface area contributed by atoms with Gasteiger partial charge in [-0.2, -0.15) is 0 Å². The lowest BCUT2D eigenvalue weighted by Gasteiger charge is -2.05. The molecule has 1 aliphatic rings. The molecular weight excluding hydrogens is 215 g/mol. The smallest absolute Gasteiger partial charge is 0.303 e. The molecule has 0 saturated heterocycles. The fourth-order valence-electron chi connectivity index (χ4n) is 1.77. The van der Waals surface area contributed by atoms with E-state index in [-0.39, 0.29) is 0 Å². The van der Waals surface area contributed by atoms with E-state index >= 15 is 0 Å². The number of hydrogen-bond acceptors (Lipinski definition) is 1. The van der Waals surface area contributed by atoms with Gasteiger partial charge in [0.05, 0.1) is 0 Å². The van der Waals surface area contributed by atoms with E-state index in [1.165, 1.54) is 64.2 Å². The Kier molecular flexibility index (Phi) is 9.41. The van der Waals surface area contributed by atoms with Crippen LogP contribution in [0.15, 0.2) is 0 Å². The topological polar surface area (TPSA) is 77.8 Å². The molecule has 0 spiro atoms. The first-order valence-corrected chi connectivity index (χ1v) is 7.35. The average molecular weight is 238 g/mol. The summed E-state index contributed by atoms with van der Waals surface area (Å²) in [6.07, 6.45) is 15.0. The van der Waals surface area contributed by atoms with Gasteiger partial charge in [0.15, 0.2) is 0 Å². The van der Waals surface area contributed by atoms with Gasteiger partial charge in [-0.05, 0) is 0 Å². The minimum Gasteiger partial charge on any atom is -0.303 e. The maximum absolute atomic E-state index is 8.88. The van der Waals surface area contributed by atoms with Crippen molar-refractivity contribution in [3.63, 3.8) is 0 Å². The van der Waals surface area contributed by atoms with E-state index in [9.17, 15) is 0 Å². The number of rotatable bonds is 0. The third-order valence-corrected chi connectivity index (χ3v) is 2.50. The first-order valence-electron chi connectivity index (χ1n) is 5.78. The second kappa shape index (κ2) is 9.34. The first-order chi connectivity index (χ1) is 7.00. The summed E-state index contributed by atoms with van der Waals surface area (Å²) in [6.45, 7) is 0. The predicted molar refractivity (Wildman–Crippen MR) is 60.4 cm³/mol. The second-order valence-electron chi connectivity index (χ2n) is 4.05. The highest BCUT2D eigenvalue weighted by molar-refractivity contribution is 7.45. The Labute approximate surface area is 92.0 Å². The summed E-state index contributed by atoms with van der Waals surface area (Å²) in [5, 5.41) is 0. The van der Waals surface area contributed by atoms with Crippen molar-refractivity contribution >= 4 is 7.82 Å². The largest absolute Gasteiger partial charge is 0.466 e. The van der Waals surface area contributed by atoms with E-state index < -0.39 is 7.82 Å². The highest BCUT2D eigenvalue weighted by Gasteiger charge is 2.00. The second-order valence-corrected chi connectivity index (χ2v) is 5.08. The molecule has 1 fully saturated rings. The van der Waals surface area contributed by atoms with E-state index in [2.05, 4.69) is 0 Å². The molecule has 0 atom stereocenters. The average Bonchev–Trinajstić information content (AvgIpc) is 2.12. The fourth-order valence-corrected chi connectivity index (χ4v) is 1.77. The molecule has 0 bridgehead atoms. The minimum absolute atomic E-state index is 1.50. The molecule has 0 heterocycles. The molecule has 1 rings (SSSR count). The van der Waals surface area contributed by atoms with Gasteiger partial charge in [0.2, 0.25) is 0 Å². The Morgan fingerprint density at radius 3 is 0.667 bits per heavy atom. The number of hydrogen-bond donors (Lipinski definition) is 3. The summed E-state index contributed by atoms with van der Waals surface area (Å²) in [6, 6.07) is 0. The van der Waals surface area contributed by atoms with E-state index in [1.54, 1.807) is 0 Å². The normalized spacial score (nSPS) is 19.9. The van der Waals surface area contributed by atoms with Crippen molar-refractivity contribution in [2.75, 3.05) is 0 Å². The van der Waals surface area contributed by atoms with Crippen LogP contribution in [0.5, 0.6) is 0 Å². The molecule has 1 saturated carbocycles. The quantitative estimate of drug-likeness (QED) is 0.567. The number of phosphoric acid groups is 1. The molecule has 0 aromatic carbocycles. The Morgan fingerprint density at radius 1 is 0.533 bits per heavy atom. The molecule has 3 N–H and O–H groups in total. The lowest BCUT2D eigenvalue weighted by atomic mass is 10.0. The summed E-state index contributed by atoms with van der Waals surface area (Å²) in [5.74, 6) is 0. The third-order valence-electron chi connectivity index (χ3n) is 2.50. The molecule has 0 aromatic rings. The van der Waals surface area contributed by atoms with Gasteiger partial charge in [0, 0.05) is 0 Å². The van der Waals surface area contributed by atoms with Crippen LogP contribution in [0.3, 0.4) is 0 Å². The predicted octanol–water partition coefficient (Wildman–Crippen LogP) is 2.97. The Bertz CT molecular complexity index is 137. The van der Waals surface area contributed by atoms with Crippen LogP contribution >= 0.6 is 7.82 Å². The molecule has 0 aromatic heterocycles. The van der Waals surface area contributed by atoms with Crippen molar-refractivity contribution in [3.8, 4) is 0 Å². The zero-order valence-electron chi connectivity index (χ0n) is 9.27. The summed E-state index contributed by atoms with van der Waals surface area (Å²) >= 11 is 0. The Balaban J connectivity index is 0.000000336. The van der Waals surface area contributed by atoms with Crippen LogP contribution in [0.2, 0.25) is 0 Å². The standard InChI is InChI=1S/C10H20.H3O4P/c1-2-4-6-8-10-9-7-5-3-1;1-5(2,3)4/h1-10H2;(H3,1,2,3,4). The molecule has 0 aliphatic heterocycles. The van der Waals surface area contributed by atoms with Crippen molar-refractivity contribution in [3.05, 3.63) is 0 Å². The van der Waals surface area contributed by atoms with Gasteiger partial charge < -0.3 is 14.7 Å². The van der Waals surface area contributed by atoms with Crippen molar-refractivity contribution < 1.29 is 19.2 Å². The van der Waals surface area contributed by atoms with Gasteiger partial charge in [-0.3, -0.25) is 0 Å². The summed E-state index contributed by atoms with van der Waals surface area (Å²) in [5.41, 5.74) is 0. The fraction of sp³-hybridized carbons (Fsp3) is 1.00. The minimum atomic E-state index is -4.64. The van der Waals surface area contributed by atoms with Gasteiger partial charge in [-0.15, -0.1) is 0 Å². The van der Waals surface area contributed by atoms with Crippen LogP contribution in [0.4, 0.5) is 0 Å². The Hall–Kier alpha value is 0.110. The molecular formula is C10H23O4P. The van der Waals surface area contributed by atoms with Gasteiger partial charge in [-0.1, -0.05) is 64.2 Å². The van der Waals surface area contributed by atoms with Crippen LogP contribution < -0.4 is 0 Å². The van der Waals surface area contributed by atoms with Crippen LogP contribution in [0.25, 0.3) is 0 Å². The van der Waals surface area contributed by atoms with Crippen LogP contribution in [-0.4, -0.2) is 14.7 Å². The summed E-state index contributed by atoms with van der Waals surface area (Å²) in [7, 11) is -4.64.